The van der Waals surface area contributed by atoms with Crippen LogP contribution in [0.1, 0.15) is 60.3 Å². The number of halogens is 1. The summed E-state index contributed by atoms with van der Waals surface area (Å²) in [6.07, 6.45) is 5.43. The average Bonchev–Trinajstić information content (AvgIpc) is 3.02. The smallest absolute Gasteiger partial charge is 0.251 e. The Hall–Kier alpha value is -3.04. The topological polar surface area (TPSA) is 84.3 Å². The minimum absolute atomic E-state index is 0.134. The van der Waals surface area contributed by atoms with Gasteiger partial charge in [0.1, 0.15) is 5.82 Å². The Morgan fingerprint density at radius 2 is 1.74 bits per heavy atom. The lowest BCUT2D eigenvalue weighted by molar-refractivity contribution is 0.0939. The van der Waals surface area contributed by atoms with Crippen molar-refractivity contribution in [3.8, 4) is 5.69 Å². The molecular weight excluding hydrogens is 455 g/mol. The van der Waals surface area contributed by atoms with Gasteiger partial charge in [0.05, 0.1) is 22.8 Å². The first-order chi connectivity index (χ1) is 16.3. The number of benzene rings is 2. The zero-order chi connectivity index (χ0) is 24.3. The van der Waals surface area contributed by atoms with Gasteiger partial charge in [-0.2, -0.15) is 9.40 Å². The quantitative estimate of drug-likeness (QED) is 0.563. The van der Waals surface area contributed by atoms with Gasteiger partial charge in [0.2, 0.25) is 10.0 Å². The maximum Gasteiger partial charge on any atom is 0.251 e. The van der Waals surface area contributed by atoms with Crippen LogP contribution in [0.5, 0.6) is 0 Å². The van der Waals surface area contributed by atoms with Crippen LogP contribution in [0, 0.1) is 12.7 Å². The van der Waals surface area contributed by atoms with Crippen molar-refractivity contribution in [3.05, 3.63) is 77.4 Å². The number of carbonyl (C=O) groups excluding carboxylic acids is 1. The van der Waals surface area contributed by atoms with E-state index in [2.05, 4.69) is 10.4 Å². The molecule has 2 aromatic carbocycles. The number of carbonyl (C=O) groups is 1. The monoisotopic (exact) mass is 484 g/mol. The van der Waals surface area contributed by atoms with E-state index in [0.717, 1.165) is 42.6 Å². The lowest BCUT2D eigenvalue weighted by Crippen LogP contribution is -2.32. The second-order valence-corrected chi connectivity index (χ2v) is 10.6. The van der Waals surface area contributed by atoms with Crippen LogP contribution in [0.4, 0.5) is 4.39 Å². The van der Waals surface area contributed by atoms with Gasteiger partial charge in [-0.25, -0.2) is 17.5 Å². The van der Waals surface area contributed by atoms with Crippen LogP contribution in [-0.2, 0) is 10.0 Å². The van der Waals surface area contributed by atoms with E-state index in [1.54, 1.807) is 35.1 Å². The molecule has 1 saturated heterocycles. The van der Waals surface area contributed by atoms with Gasteiger partial charge in [-0.15, -0.1) is 0 Å². The maximum atomic E-state index is 13.2. The zero-order valence-corrected chi connectivity index (χ0v) is 20.2. The van der Waals surface area contributed by atoms with Crippen molar-refractivity contribution in [2.24, 2.45) is 0 Å². The van der Waals surface area contributed by atoms with Gasteiger partial charge in [-0.1, -0.05) is 18.9 Å². The first-order valence-corrected chi connectivity index (χ1v) is 12.9. The lowest BCUT2D eigenvalue weighted by Gasteiger charge is -2.20. The molecule has 1 aromatic heterocycles. The number of hydrogen-bond acceptors (Lipinski definition) is 4. The fourth-order valence-electron chi connectivity index (χ4n) is 4.28. The highest BCUT2D eigenvalue weighted by Gasteiger charge is 2.26. The molecule has 0 aliphatic carbocycles. The summed E-state index contributed by atoms with van der Waals surface area (Å²) in [7, 11) is -3.65. The molecule has 0 spiro atoms. The Morgan fingerprint density at radius 1 is 1.06 bits per heavy atom. The molecule has 9 heteroatoms. The summed E-state index contributed by atoms with van der Waals surface area (Å²) in [6, 6.07) is 11.8. The van der Waals surface area contributed by atoms with E-state index in [0.29, 0.717) is 13.1 Å². The van der Waals surface area contributed by atoms with Gasteiger partial charge in [-0.05, 0) is 69.2 Å². The highest BCUT2D eigenvalue weighted by Crippen LogP contribution is 2.23. The molecule has 4 rings (SSSR count). The van der Waals surface area contributed by atoms with Crippen LogP contribution < -0.4 is 5.32 Å². The van der Waals surface area contributed by atoms with E-state index in [-0.39, 0.29) is 28.2 Å². The largest absolute Gasteiger partial charge is 0.345 e. The summed E-state index contributed by atoms with van der Waals surface area (Å²) in [5.41, 5.74) is 2.63. The van der Waals surface area contributed by atoms with E-state index in [1.165, 1.54) is 28.6 Å². The van der Waals surface area contributed by atoms with Gasteiger partial charge in [0.25, 0.3) is 5.91 Å². The van der Waals surface area contributed by atoms with E-state index in [1.807, 2.05) is 13.8 Å². The van der Waals surface area contributed by atoms with Crippen LogP contribution in [0.2, 0.25) is 0 Å². The Morgan fingerprint density at radius 3 is 2.41 bits per heavy atom. The number of sulfonamides is 1. The molecular formula is C25H29FN4O3S. The Labute approximate surface area is 199 Å². The molecule has 1 aliphatic rings. The molecule has 1 fully saturated rings. The summed E-state index contributed by atoms with van der Waals surface area (Å²) in [5.74, 6) is -0.691. The molecule has 0 bridgehead atoms. The second kappa shape index (κ2) is 10.1. The van der Waals surface area contributed by atoms with Crippen molar-refractivity contribution < 1.29 is 17.6 Å². The van der Waals surface area contributed by atoms with Crippen LogP contribution in [0.3, 0.4) is 0 Å². The fraction of sp³-hybridized carbons (Fsp3) is 0.360. The molecule has 3 aromatic rings. The summed E-state index contributed by atoms with van der Waals surface area (Å²) >= 11 is 0. The summed E-state index contributed by atoms with van der Waals surface area (Å²) < 4.78 is 42.7. The molecule has 2 heterocycles. The van der Waals surface area contributed by atoms with E-state index in [9.17, 15) is 17.6 Å². The van der Waals surface area contributed by atoms with Crippen LogP contribution >= 0.6 is 0 Å². The van der Waals surface area contributed by atoms with Gasteiger partial charge < -0.3 is 5.32 Å². The number of rotatable bonds is 6. The third kappa shape index (κ3) is 5.05. The van der Waals surface area contributed by atoms with E-state index >= 15 is 0 Å². The first kappa shape index (κ1) is 24.1. The highest BCUT2D eigenvalue weighted by molar-refractivity contribution is 7.89. The average molecular weight is 485 g/mol. The number of aromatic nitrogens is 2. The van der Waals surface area contributed by atoms with Gasteiger partial charge in [0, 0.05) is 29.9 Å². The van der Waals surface area contributed by atoms with E-state index < -0.39 is 10.0 Å². The summed E-state index contributed by atoms with van der Waals surface area (Å²) in [6.45, 7) is 4.73. The molecule has 1 aliphatic heterocycles. The number of amides is 1. The number of nitrogens with one attached hydrogen (secondary N) is 1. The Bertz CT molecular complexity index is 1260. The van der Waals surface area contributed by atoms with Crippen LogP contribution in [0.25, 0.3) is 5.69 Å². The lowest BCUT2D eigenvalue weighted by atomic mass is 10.1. The number of nitrogens with zero attached hydrogens (tertiary/aromatic N) is 3. The predicted molar refractivity (Wildman–Crippen MR) is 128 cm³/mol. The Kier molecular flexibility index (Phi) is 7.13. The third-order valence-corrected chi connectivity index (χ3v) is 8.13. The zero-order valence-electron chi connectivity index (χ0n) is 19.4. The van der Waals surface area contributed by atoms with Crippen LogP contribution in [-0.4, -0.2) is 41.5 Å². The SMILES string of the molecule is Cc1c(C(C)NC(=O)c2cccc(S(=O)(=O)N3CCCCCC3)c2)cnn1-c1ccc(F)cc1. The van der Waals surface area contributed by atoms with Gasteiger partial charge in [-0.3, -0.25) is 4.79 Å². The number of hydrogen-bond donors (Lipinski definition) is 1. The van der Waals surface area contributed by atoms with Crippen molar-refractivity contribution in [2.75, 3.05) is 13.1 Å². The normalized spacial score (nSPS) is 16.1. The molecule has 34 heavy (non-hydrogen) atoms. The van der Waals surface area contributed by atoms with Crippen molar-refractivity contribution >= 4 is 15.9 Å². The van der Waals surface area contributed by atoms with Crippen molar-refractivity contribution in [1.82, 2.24) is 19.4 Å². The molecule has 0 radical (unpaired) electrons. The summed E-state index contributed by atoms with van der Waals surface area (Å²) in [4.78, 5) is 13.1. The minimum atomic E-state index is -3.65. The van der Waals surface area contributed by atoms with E-state index in [4.69, 9.17) is 0 Å². The molecule has 1 N–H and O–H groups in total. The van der Waals surface area contributed by atoms with Gasteiger partial charge >= 0.3 is 0 Å². The molecule has 1 amide bonds. The molecule has 1 unspecified atom stereocenters. The minimum Gasteiger partial charge on any atom is -0.345 e. The third-order valence-electron chi connectivity index (χ3n) is 6.23. The molecule has 1 atom stereocenters. The van der Waals surface area contributed by atoms with Crippen molar-refractivity contribution in [3.63, 3.8) is 0 Å². The first-order valence-electron chi connectivity index (χ1n) is 11.5. The summed E-state index contributed by atoms with van der Waals surface area (Å²) in [5, 5.41) is 7.32. The Balaban J connectivity index is 1.51. The standard InChI is InChI=1S/C25H29FN4O3S/c1-18(24-17-27-30(19(24)2)22-12-10-21(26)11-13-22)28-25(31)20-8-7-9-23(16-20)34(32,33)29-14-5-3-4-6-15-29/h7-13,16-18H,3-6,14-15H2,1-2H3,(H,28,31). The highest BCUT2D eigenvalue weighted by atomic mass is 32.2. The molecule has 180 valence electrons. The van der Waals surface area contributed by atoms with Crippen LogP contribution in [0.15, 0.2) is 59.6 Å². The van der Waals surface area contributed by atoms with Gasteiger partial charge in [0.15, 0.2) is 0 Å². The fourth-order valence-corrected chi connectivity index (χ4v) is 5.84. The molecule has 0 saturated carbocycles. The molecule has 7 nitrogen and oxygen atoms in total. The second-order valence-electron chi connectivity index (χ2n) is 8.61. The maximum absolute atomic E-state index is 13.2. The van der Waals surface area contributed by atoms with Crippen molar-refractivity contribution in [1.29, 1.82) is 0 Å². The van der Waals surface area contributed by atoms with Crippen molar-refractivity contribution in [2.45, 2.75) is 50.5 Å². The predicted octanol–water partition coefficient (Wildman–Crippen LogP) is 4.38.